The summed E-state index contributed by atoms with van der Waals surface area (Å²) in [6.45, 7) is 3.69. The lowest BCUT2D eigenvalue weighted by molar-refractivity contribution is 0.0406. The smallest absolute Gasteiger partial charge is 0.0612 e. The van der Waals surface area contributed by atoms with Crippen molar-refractivity contribution in [3.63, 3.8) is 0 Å². The molecule has 0 heterocycles. The van der Waals surface area contributed by atoms with Gasteiger partial charge in [-0.2, -0.15) is 0 Å². The van der Waals surface area contributed by atoms with Gasteiger partial charge in [-0.15, -0.1) is 0 Å². The molecule has 0 aliphatic heterocycles. The van der Waals surface area contributed by atoms with Crippen LogP contribution in [0, 0.1) is 5.92 Å². The van der Waals surface area contributed by atoms with Crippen molar-refractivity contribution in [2.75, 3.05) is 13.2 Å². The van der Waals surface area contributed by atoms with E-state index < -0.39 is 11.6 Å². The van der Waals surface area contributed by atoms with Crippen molar-refractivity contribution in [3.8, 4) is 0 Å². The van der Waals surface area contributed by atoms with Crippen LogP contribution in [0.3, 0.4) is 0 Å². The lowest BCUT2D eigenvalue weighted by atomic mass is 9.82. The average molecular weight is 176 g/mol. The van der Waals surface area contributed by atoms with Crippen molar-refractivity contribution in [3.05, 3.63) is 0 Å². The maximum atomic E-state index is 9.51. The van der Waals surface area contributed by atoms with Crippen molar-refractivity contribution in [1.82, 2.24) is 0 Å². The SMILES string of the molecule is CCC(O)C(CN)C(C)(N)CO. The third kappa shape index (κ3) is 2.71. The van der Waals surface area contributed by atoms with Crippen LogP contribution in [0.25, 0.3) is 0 Å². The maximum Gasteiger partial charge on any atom is 0.0612 e. The highest BCUT2D eigenvalue weighted by Gasteiger charge is 2.32. The Morgan fingerprint density at radius 2 is 2.00 bits per heavy atom. The molecule has 0 spiro atoms. The van der Waals surface area contributed by atoms with Gasteiger partial charge in [0.1, 0.15) is 0 Å². The molecule has 0 radical (unpaired) electrons. The first-order chi connectivity index (χ1) is 5.49. The molecule has 0 aromatic rings. The Morgan fingerprint density at radius 1 is 1.50 bits per heavy atom. The van der Waals surface area contributed by atoms with E-state index in [0.717, 1.165) is 0 Å². The minimum absolute atomic E-state index is 0.161. The molecule has 0 saturated carbocycles. The number of hydrogen-bond acceptors (Lipinski definition) is 4. The molecule has 4 nitrogen and oxygen atoms in total. The van der Waals surface area contributed by atoms with Crippen LogP contribution in [0.4, 0.5) is 0 Å². The van der Waals surface area contributed by atoms with Gasteiger partial charge in [0.15, 0.2) is 0 Å². The highest BCUT2D eigenvalue weighted by Crippen LogP contribution is 2.18. The number of hydrogen-bond donors (Lipinski definition) is 4. The number of aliphatic hydroxyl groups is 2. The predicted molar refractivity (Wildman–Crippen MR) is 48.5 cm³/mol. The molecule has 3 unspecified atom stereocenters. The Hall–Kier alpha value is -0.160. The molecule has 0 aromatic carbocycles. The van der Waals surface area contributed by atoms with Crippen molar-refractivity contribution < 1.29 is 10.2 Å². The van der Waals surface area contributed by atoms with E-state index in [1.807, 2.05) is 6.92 Å². The van der Waals surface area contributed by atoms with Crippen LogP contribution in [0.15, 0.2) is 0 Å². The molecule has 0 aliphatic carbocycles. The molecule has 4 heteroatoms. The van der Waals surface area contributed by atoms with Crippen LogP contribution >= 0.6 is 0 Å². The predicted octanol–water partition coefficient (Wildman–Crippen LogP) is -0.958. The first kappa shape index (κ1) is 11.8. The van der Waals surface area contributed by atoms with Gasteiger partial charge in [-0.05, 0) is 19.9 Å². The Labute approximate surface area is 73.6 Å². The average Bonchev–Trinajstić information content (AvgIpc) is 2.05. The molecule has 3 atom stereocenters. The molecule has 12 heavy (non-hydrogen) atoms. The van der Waals surface area contributed by atoms with Gasteiger partial charge in [0.25, 0.3) is 0 Å². The van der Waals surface area contributed by atoms with Crippen molar-refractivity contribution in [1.29, 1.82) is 0 Å². The van der Waals surface area contributed by atoms with Crippen molar-refractivity contribution in [2.24, 2.45) is 17.4 Å². The zero-order valence-corrected chi connectivity index (χ0v) is 7.83. The largest absolute Gasteiger partial charge is 0.394 e. The number of aliphatic hydroxyl groups excluding tert-OH is 2. The summed E-state index contributed by atoms with van der Waals surface area (Å²) in [4.78, 5) is 0. The van der Waals surface area contributed by atoms with E-state index in [1.165, 1.54) is 0 Å². The third-order valence-corrected chi connectivity index (χ3v) is 2.32. The lowest BCUT2D eigenvalue weighted by Crippen LogP contribution is -2.54. The fourth-order valence-electron chi connectivity index (χ4n) is 1.27. The van der Waals surface area contributed by atoms with Crippen LogP contribution in [0.1, 0.15) is 20.3 Å². The fourth-order valence-corrected chi connectivity index (χ4v) is 1.27. The van der Waals surface area contributed by atoms with Gasteiger partial charge >= 0.3 is 0 Å². The molecular weight excluding hydrogens is 156 g/mol. The Balaban J connectivity index is 4.32. The summed E-state index contributed by atoms with van der Waals surface area (Å²) < 4.78 is 0. The summed E-state index contributed by atoms with van der Waals surface area (Å²) in [5.41, 5.74) is 10.4. The molecule has 0 aliphatic rings. The minimum Gasteiger partial charge on any atom is -0.394 e. The van der Waals surface area contributed by atoms with Gasteiger partial charge in [0.2, 0.25) is 0 Å². The Bertz CT molecular complexity index is 128. The first-order valence-electron chi connectivity index (χ1n) is 4.27. The summed E-state index contributed by atoms with van der Waals surface area (Å²) in [7, 11) is 0. The van der Waals surface area contributed by atoms with E-state index in [1.54, 1.807) is 6.92 Å². The molecule has 0 saturated heterocycles. The molecule has 74 valence electrons. The van der Waals surface area contributed by atoms with Crippen molar-refractivity contribution in [2.45, 2.75) is 31.9 Å². The van der Waals surface area contributed by atoms with Crippen LogP contribution in [-0.4, -0.2) is 35.0 Å². The van der Waals surface area contributed by atoms with Crippen LogP contribution in [-0.2, 0) is 0 Å². The summed E-state index contributed by atoms with van der Waals surface area (Å²) in [5, 5.41) is 18.5. The van der Waals surface area contributed by atoms with Crippen LogP contribution in [0.2, 0.25) is 0 Å². The quantitative estimate of drug-likeness (QED) is 0.434. The topological polar surface area (TPSA) is 92.5 Å². The molecule has 0 amide bonds. The molecule has 0 aromatic heterocycles. The molecule has 6 N–H and O–H groups in total. The van der Waals surface area contributed by atoms with Gasteiger partial charge in [-0.25, -0.2) is 0 Å². The summed E-state index contributed by atoms with van der Waals surface area (Å²) in [6, 6.07) is 0. The second-order valence-electron chi connectivity index (χ2n) is 3.48. The second-order valence-corrected chi connectivity index (χ2v) is 3.48. The highest BCUT2D eigenvalue weighted by molar-refractivity contribution is 4.90. The van der Waals surface area contributed by atoms with E-state index >= 15 is 0 Å². The minimum atomic E-state index is -0.788. The monoisotopic (exact) mass is 176 g/mol. The molecule has 0 rings (SSSR count). The second kappa shape index (κ2) is 4.77. The van der Waals surface area contributed by atoms with E-state index in [9.17, 15) is 5.11 Å². The highest BCUT2D eigenvalue weighted by atomic mass is 16.3. The molecule has 0 fully saturated rings. The maximum absolute atomic E-state index is 9.51. The Kier molecular flexibility index (Phi) is 4.70. The fraction of sp³-hybridized carbons (Fsp3) is 1.00. The van der Waals surface area contributed by atoms with Crippen LogP contribution in [0.5, 0.6) is 0 Å². The lowest BCUT2D eigenvalue weighted by Gasteiger charge is -2.34. The summed E-state index contributed by atoms with van der Waals surface area (Å²) in [6.07, 6.45) is 0.0754. The van der Waals surface area contributed by atoms with Gasteiger partial charge in [0, 0.05) is 11.5 Å². The summed E-state index contributed by atoms with van der Waals surface area (Å²) >= 11 is 0. The van der Waals surface area contributed by atoms with Crippen molar-refractivity contribution >= 4 is 0 Å². The van der Waals surface area contributed by atoms with Gasteiger partial charge in [-0.3, -0.25) is 0 Å². The van der Waals surface area contributed by atoms with E-state index in [0.29, 0.717) is 13.0 Å². The third-order valence-electron chi connectivity index (χ3n) is 2.32. The molecule has 0 bridgehead atoms. The number of nitrogens with two attached hydrogens (primary N) is 2. The molecular formula is C8H20N2O2. The van der Waals surface area contributed by atoms with Gasteiger partial charge in [-0.1, -0.05) is 6.92 Å². The standard InChI is InChI=1S/C8H20N2O2/c1-3-7(12)6(4-9)8(2,10)5-11/h6-7,11-12H,3-5,9-10H2,1-2H3. The van der Waals surface area contributed by atoms with E-state index in [2.05, 4.69) is 0 Å². The normalized spacial score (nSPS) is 21.5. The van der Waals surface area contributed by atoms with E-state index in [4.69, 9.17) is 16.6 Å². The zero-order valence-electron chi connectivity index (χ0n) is 7.83. The Morgan fingerprint density at radius 3 is 2.25 bits per heavy atom. The number of rotatable bonds is 5. The summed E-state index contributed by atoms with van der Waals surface area (Å²) in [5.74, 6) is -0.243. The van der Waals surface area contributed by atoms with E-state index in [-0.39, 0.29) is 12.5 Å². The van der Waals surface area contributed by atoms with Gasteiger partial charge < -0.3 is 21.7 Å². The first-order valence-corrected chi connectivity index (χ1v) is 4.27. The van der Waals surface area contributed by atoms with Gasteiger partial charge in [0.05, 0.1) is 12.7 Å². The van der Waals surface area contributed by atoms with Crippen LogP contribution < -0.4 is 11.5 Å². The zero-order chi connectivity index (χ0) is 9.78.